The second-order valence-electron chi connectivity index (χ2n) is 5.44. The van der Waals surface area contributed by atoms with Crippen molar-refractivity contribution in [1.29, 1.82) is 0 Å². The first-order valence-corrected chi connectivity index (χ1v) is 5.99. The SMILES string of the molecule is Cn1ncc(C(=O)O)c1CNC1CC(O)C1(C)C. The minimum absolute atomic E-state index is 0.165. The zero-order valence-corrected chi connectivity index (χ0v) is 10.8. The maximum absolute atomic E-state index is 11.0. The van der Waals surface area contributed by atoms with Gasteiger partial charge < -0.3 is 15.5 Å². The minimum atomic E-state index is -0.965. The van der Waals surface area contributed by atoms with Gasteiger partial charge in [0.15, 0.2) is 0 Å². The number of aromatic nitrogens is 2. The van der Waals surface area contributed by atoms with Crippen LogP contribution in [-0.4, -0.2) is 38.1 Å². The average Bonchev–Trinajstić information content (AvgIpc) is 2.66. The molecule has 2 unspecified atom stereocenters. The molecule has 3 N–H and O–H groups in total. The van der Waals surface area contributed by atoms with Crippen molar-refractivity contribution in [2.75, 3.05) is 0 Å². The fourth-order valence-corrected chi connectivity index (χ4v) is 2.32. The number of nitrogens with zero attached hydrogens (tertiary/aromatic N) is 2. The molecule has 0 amide bonds. The summed E-state index contributed by atoms with van der Waals surface area (Å²) in [5, 5.41) is 25.9. The summed E-state index contributed by atoms with van der Waals surface area (Å²) in [6, 6.07) is 0.198. The van der Waals surface area contributed by atoms with Gasteiger partial charge in [-0.25, -0.2) is 4.79 Å². The molecule has 0 aliphatic heterocycles. The van der Waals surface area contributed by atoms with Gasteiger partial charge in [0.25, 0.3) is 0 Å². The molecular formula is C12H19N3O3. The topological polar surface area (TPSA) is 87.4 Å². The molecule has 0 saturated heterocycles. The van der Waals surface area contributed by atoms with E-state index in [9.17, 15) is 9.90 Å². The number of hydrogen-bond donors (Lipinski definition) is 3. The molecule has 2 rings (SSSR count). The van der Waals surface area contributed by atoms with Crippen molar-refractivity contribution >= 4 is 5.97 Å². The zero-order chi connectivity index (χ0) is 13.5. The van der Waals surface area contributed by atoms with Crippen LogP contribution in [0, 0.1) is 5.41 Å². The van der Waals surface area contributed by atoms with Crippen molar-refractivity contribution in [3.8, 4) is 0 Å². The largest absolute Gasteiger partial charge is 0.478 e. The lowest BCUT2D eigenvalue weighted by Crippen LogP contribution is -2.59. The lowest BCUT2D eigenvalue weighted by atomic mass is 9.64. The Balaban J connectivity index is 2.03. The number of aromatic carboxylic acids is 1. The van der Waals surface area contributed by atoms with E-state index < -0.39 is 5.97 Å². The van der Waals surface area contributed by atoms with Gasteiger partial charge in [-0.15, -0.1) is 0 Å². The van der Waals surface area contributed by atoms with Crippen molar-refractivity contribution in [2.45, 2.75) is 39.0 Å². The Morgan fingerprint density at radius 1 is 1.67 bits per heavy atom. The number of carbonyl (C=O) groups is 1. The van der Waals surface area contributed by atoms with Crippen LogP contribution >= 0.6 is 0 Å². The standard InChI is InChI=1S/C12H19N3O3/c1-12(2)9(4-10(12)16)13-6-8-7(11(17)18)5-14-15(8)3/h5,9-10,13,16H,4,6H2,1-3H3,(H,17,18). The Hall–Kier alpha value is -1.40. The molecule has 1 aliphatic rings. The number of nitrogens with one attached hydrogen (secondary N) is 1. The van der Waals surface area contributed by atoms with Gasteiger partial charge in [-0.1, -0.05) is 13.8 Å². The molecule has 100 valence electrons. The van der Waals surface area contributed by atoms with Crippen molar-refractivity contribution < 1.29 is 15.0 Å². The molecule has 18 heavy (non-hydrogen) atoms. The summed E-state index contributed by atoms with van der Waals surface area (Å²) in [6.07, 6.45) is 1.77. The number of aryl methyl sites for hydroxylation is 1. The fraction of sp³-hybridized carbons (Fsp3) is 0.667. The average molecular weight is 253 g/mol. The summed E-state index contributed by atoms with van der Waals surface area (Å²) >= 11 is 0. The molecular weight excluding hydrogens is 234 g/mol. The van der Waals surface area contributed by atoms with Crippen LogP contribution in [0.4, 0.5) is 0 Å². The van der Waals surface area contributed by atoms with E-state index in [1.165, 1.54) is 6.20 Å². The van der Waals surface area contributed by atoms with Crippen LogP contribution in [0.2, 0.25) is 0 Å². The Morgan fingerprint density at radius 2 is 2.33 bits per heavy atom. The molecule has 1 aromatic rings. The van der Waals surface area contributed by atoms with Crippen LogP contribution in [0.5, 0.6) is 0 Å². The first-order valence-electron chi connectivity index (χ1n) is 5.99. The summed E-state index contributed by atoms with van der Waals surface area (Å²) in [6.45, 7) is 4.44. The molecule has 6 nitrogen and oxygen atoms in total. The first kappa shape index (κ1) is 13.0. The van der Waals surface area contributed by atoms with Crippen LogP contribution in [0.25, 0.3) is 0 Å². The van der Waals surface area contributed by atoms with Crippen LogP contribution in [-0.2, 0) is 13.6 Å². The Morgan fingerprint density at radius 3 is 2.83 bits per heavy atom. The maximum atomic E-state index is 11.0. The molecule has 0 bridgehead atoms. The number of hydrogen-bond acceptors (Lipinski definition) is 4. The Labute approximate surface area is 106 Å². The summed E-state index contributed by atoms with van der Waals surface area (Å²) in [5.41, 5.74) is 0.712. The van der Waals surface area contributed by atoms with Gasteiger partial charge in [-0.05, 0) is 6.42 Å². The van der Waals surface area contributed by atoms with Gasteiger partial charge in [0.05, 0.1) is 18.0 Å². The van der Waals surface area contributed by atoms with Crippen LogP contribution < -0.4 is 5.32 Å². The predicted molar refractivity (Wildman–Crippen MR) is 65.2 cm³/mol. The lowest BCUT2D eigenvalue weighted by molar-refractivity contribution is -0.0731. The Bertz CT molecular complexity index is 467. The van der Waals surface area contributed by atoms with Gasteiger partial charge in [0.1, 0.15) is 5.56 Å². The van der Waals surface area contributed by atoms with Gasteiger partial charge in [-0.3, -0.25) is 4.68 Å². The van der Waals surface area contributed by atoms with E-state index >= 15 is 0 Å². The minimum Gasteiger partial charge on any atom is -0.478 e. The normalized spacial score (nSPS) is 25.8. The molecule has 1 fully saturated rings. The molecule has 1 heterocycles. The van der Waals surface area contributed by atoms with E-state index in [-0.39, 0.29) is 23.1 Å². The summed E-state index contributed by atoms with van der Waals surface area (Å²) in [4.78, 5) is 11.0. The van der Waals surface area contributed by atoms with Gasteiger partial charge in [-0.2, -0.15) is 5.10 Å². The summed E-state index contributed by atoms with van der Waals surface area (Å²) in [7, 11) is 1.73. The number of rotatable bonds is 4. The second-order valence-corrected chi connectivity index (χ2v) is 5.44. The molecule has 0 radical (unpaired) electrons. The fourth-order valence-electron chi connectivity index (χ4n) is 2.32. The number of carboxylic acid groups (broad SMARTS) is 1. The number of aliphatic hydroxyl groups excluding tert-OH is 1. The van der Waals surface area contributed by atoms with E-state index in [0.29, 0.717) is 18.7 Å². The lowest BCUT2D eigenvalue weighted by Gasteiger charge is -2.49. The highest BCUT2D eigenvalue weighted by molar-refractivity contribution is 5.88. The van der Waals surface area contributed by atoms with Crippen LogP contribution in [0.3, 0.4) is 0 Å². The molecule has 1 aromatic heterocycles. The van der Waals surface area contributed by atoms with Crippen molar-refractivity contribution in [3.05, 3.63) is 17.5 Å². The van der Waals surface area contributed by atoms with Gasteiger partial charge >= 0.3 is 5.97 Å². The molecule has 1 saturated carbocycles. The van der Waals surface area contributed by atoms with E-state index in [2.05, 4.69) is 10.4 Å². The molecule has 0 aromatic carbocycles. The zero-order valence-electron chi connectivity index (χ0n) is 10.8. The van der Waals surface area contributed by atoms with E-state index in [4.69, 9.17) is 5.11 Å². The van der Waals surface area contributed by atoms with Crippen molar-refractivity contribution in [3.63, 3.8) is 0 Å². The van der Waals surface area contributed by atoms with Gasteiger partial charge in [0.2, 0.25) is 0 Å². The van der Waals surface area contributed by atoms with Gasteiger partial charge in [0, 0.05) is 25.0 Å². The first-order chi connectivity index (χ1) is 8.34. The monoisotopic (exact) mass is 253 g/mol. The molecule has 2 atom stereocenters. The third-order valence-electron chi connectivity index (χ3n) is 4.02. The summed E-state index contributed by atoms with van der Waals surface area (Å²) < 4.78 is 1.57. The quantitative estimate of drug-likeness (QED) is 0.721. The highest BCUT2D eigenvalue weighted by Crippen LogP contribution is 2.40. The van der Waals surface area contributed by atoms with Crippen molar-refractivity contribution in [2.24, 2.45) is 12.5 Å². The van der Waals surface area contributed by atoms with Crippen LogP contribution in [0.15, 0.2) is 6.20 Å². The smallest absolute Gasteiger partial charge is 0.339 e. The van der Waals surface area contributed by atoms with E-state index in [1.54, 1.807) is 11.7 Å². The predicted octanol–water partition coefficient (Wildman–Crippen LogP) is 0.367. The second kappa shape index (κ2) is 4.37. The van der Waals surface area contributed by atoms with Crippen molar-refractivity contribution in [1.82, 2.24) is 15.1 Å². The molecule has 0 spiro atoms. The van der Waals surface area contributed by atoms with Crippen LogP contribution in [0.1, 0.15) is 36.3 Å². The van der Waals surface area contributed by atoms with E-state index in [0.717, 1.165) is 0 Å². The third-order valence-corrected chi connectivity index (χ3v) is 4.02. The van der Waals surface area contributed by atoms with E-state index in [1.807, 2.05) is 13.8 Å². The highest BCUT2D eigenvalue weighted by atomic mass is 16.4. The molecule has 6 heteroatoms. The third kappa shape index (κ3) is 2.02. The number of aliphatic hydroxyl groups is 1. The Kier molecular flexibility index (Phi) is 3.16. The highest BCUT2D eigenvalue weighted by Gasteiger charge is 2.46. The molecule has 1 aliphatic carbocycles. The number of carboxylic acids is 1. The summed E-state index contributed by atoms with van der Waals surface area (Å²) in [5.74, 6) is -0.965. The maximum Gasteiger partial charge on any atom is 0.339 e.